The van der Waals surface area contributed by atoms with Crippen LogP contribution >= 0.6 is 12.4 Å². The molecule has 4 aromatic rings. The maximum absolute atomic E-state index is 14.0. The molecule has 1 aliphatic rings. The fourth-order valence-corrected chi connectivity index (χ4v) is 4.54. The van der Waals surface area contributed by atoms with Gasteiger partial charge in [0, 0.05) is 73.8 Å². The Bertz CT molecular complexity index is 1530. The number of halogens is 4. The van der Waals surface area contributed by atoms with Gasteiger partial charge in [-0.2, -0.15) is 13.2 Å². The van der Waals surface area contributed by atoms with E-state index in [1.165, 1.54) is 18.5 Å². The Morgan fingerprint density at radius 3 is 2.45 bits per heavy atom. The van der Waals surface area contributed by atoms with Crippen molar-refractivity contribution in [2.45, 2.75) is 19.6 Å². The number of carbonyl (C=O) groups excluding carboxylic acids is 1. The smallest absolute Gasteiger partial charge is 0.324 e. The summed E-state index contributed by atoms with van der Waals surface area (Å²) in [7, 11) is 2.00. The van der Waals surface area contributed by atoms with E-state index in [9.17, 15) is 18.0 Å². The monoisotopic (exact) mass is 598 g/mol. The predicted octanol–water partition coefficient (Wildman–Crippen LogP) is 5.43. The van der Waals surface area contributed by atoms with Crippen LogP contribution in [0.5, 0.6) is 0 Å². The number of nitrogens with one attached hydrogen (secondary N) is 2. The van der Waals surface area contributed by atoms with Gasteiger partial charge in [-0.15, -0.1) is 12.4 Å². The summed E-state index contributed by atoms with van der Waals surface area (Å²) in [6.07, 6.45) is 1.74. The summed E-state index contributed by atoms with van der Waals surface area (Å²) >= 11 is 0. The largest absolute Gasteiger partial charge is 0.416 e. The first-order valence-corrected chi connectivity index (χ1v) is 13.0. The fraction of sp³-hybridized carbons (Fsp3) is 0.276. The molecule has 9 nitrogen and oxygen atoms in total. The Labute approximate surface area is 247 Å². The Balaban J connectivity index is 0.00000405. The number of carbonyl (C=O) groups is 1. The number of piperazine rings is 1. The zero-order chi connectivity index (χ0) is 29.0. The lowest BCUT2D eigenvalue weighted by Crippen LogP contribution is -2.44. The quantitative estimate of drug-likeness (QED) is 0.291. The molecular formula is C29H30ClF3N8O. The van der Waals surface area contributed by atoms with E-state index in [-0.39, 0.29) is 35.8 Å². The minimum Gasteiger partial charge on any atom is -0.324 e. The summed E-state index contributed by atoms with van der Waals surface area (Å²) in [5.41, 5.74) is 2.51. The van der Waals surface area contributed by atoms with Crippen molar-refractivity contribution in [2.24, 2.45) is 0 Å². The molecule has 1 fully saturated rings. The number of aromatic nitrogens is 4. The highest BCUT2D eigenvalue weighted by Crippen LogP contribution is 2.35. The van der Waals surface area contributed by atoms with E-state index in [4.69, 9.17) is 0 Å². The SMILES string of the molecule is Cc1ccc(C(=O)Nc2ccc(CN3CCN(C)CC3)c(C(F)(F)F)c2)cc1Nc1nccc(-c2cncnc2)n1.Cl. The third-order valence-electron chi connectivity index (χ3n) is 6.92. The first-order chi connectivity index (χ1) is 19.7. The highest BCUT2D eigenvalue weighted by atomic mass is 35.5. The molecule has 0 bridgehead atoms. The zero-order valence-electron chi connectivity index (χ0n) is 23.0. The minimum atomic E-state index is -4.55. The van der Waals surface area contributed by atoms with Gasteiger partial charge in [0.05, 0.1) is 11.3 Å². The first kappa shape index (κ1) is 30.8. The molecule has 0 unspecified atom stereocenters. The first-order valence-electron chi connectivity index (χ1n) is 13.0. The lowest BCUT2D eigenvalue weighted by Gasteiger charge is -2.33. The van der Waals surface area contributed by atoms with Crippen LogP contribution in [-0.2, 0) is 12.7 Å². The minimum absolute atomic E-state index is 0. The summed E-state index contributed by atoms with van der Waals surface area (Å²) in [4.78, 5) is 34.0. The fourth-order valence-electron chi connectivity index (χ4n) is 4.54. The average molecular weight is 599 g/mol. The van der Waals surface area contributed by atoms with Crippen molar-refractivity contribution in [3.8, 4) is 11.3 Å². The van der Waals surface area contributed by atoms with Crippen LogP contribution in [0.4, 0.5) is 30.5 Å². The number of benzene rings is 2. The second-order valence-corrected chi connectivity index (χ2v) is 9.95. The van der Waals surface area contributed by atoms with Crippen molar-refractivity contribution in [1.29, 1.82) is 0 Å². The van der Waals surface area contributed by atoms with Crippen LogP contribution in [0.3, 0.4) is 0 Å². The molecule has 0 aliphatic carbocycles. The van der Waals surface area contributed by atoms with E-state index in [1.54, 1.807) is 42.9 Å². The molecule has 0 spiro atoms. The molecule has 0 atom stereocenters. The van der Waals surface area contributed by atoms with Crippen molar-refractivity contribution >= 4 is 35.6 Å². The number of alkyl halides is 3. The summed E-state index contributed by atoms with van der Waals surface area (Å²) in [6.45, 7) is 5.07. The van der Waals surface area contributed by atoms with E-state index in [0.717, 1.165) is 30.3 Å². The molecule has 1 amide bonds. The van der Waals surface area contributed by atoms with Gasteiger partial charge in [0.25, 0.3) is 5.91 Å². The molecule has 1 aliphatic heterocycles. The molecule has 0 radical (unpaired) electrons. The number of aryl methyl sites for hydroxylation is 1. The standard InChI is InChI=1S/C29H29F3N8O.ClH/c1-19-3-4-20(13-26(19)38-28-35-8-7-25(37-28)22-15-33-18-34-16-22)27(41)36-23-6-5-21(24(14-23)29(30,31)32)17-40-11-9-39(2)10-12-40;/h3-8,13-16,18H,9-12,17H2,1-2H3,(H,36,41)(H,35,37,38);1H. The van der Waals surface area contributed by atoms with Crippen LogP contribution in [0.25, 0.3) is 11.3 Å². The summed E-state index contributed by atoms with van der Waals surface area (Å²) < 4.78 is 41.9. The van der Waals surface area contributed by atoms with Gasteiger partial charge >= 0.3 is 6.18 Å². The number of hydrogen-bond donors (Lipinski definition) is 2. The van der Waals surface area contributed by atoms with Gasteiger partial charge in [0.15, 0.2) is 0 Å². The average Bonchev–Trinajstić information content (AvgIpc) is 2.96. The van der Waals surface area contributed by atoms with Gasteiger partial charge in [0.1, 0.15) is 6.33 Å². The second kappa shape index (κ2) is 13.2. The van der Waals surface area contributed by atoms with E-state index in [0.29, 0.717) is 30.4 Å². The Morgan fingerprint density at radius 2 is 1.74 bits per heavy atom. The van der Waals surface area contributed by atoms with E-state index < -0.39 is 17.6 Å². The Morgan fingerprint density at radius 1 is 1.00 bits per heavy atom. The van der Waals surface area contributed by atoms with Crippen LogP contribution in [0.1, 0.15) is 27.0 Å². The Kier molecular flexibility index (Phi) is 9.71. The van der Waals surface area contributed by atoms with Crippen LogP contribution in [0, 0.1) is 6.92 Å². The number of likely N-dealkylation sites (N-methyl/N-ethyl adjacent to an activating group) is 1. The molecule has 2 aromatic heterocycles. The lowest BCUT2D eigenvalue weighted by atomic mass is 10.0. The molecule has 220 valence electrons. The molecule has 2 N–H and O–H groups in total. The Hall–Kier alpha value is -4.13. The van der Waals surface area contributed by atoms with Gasteiger partial charge in [0.2, 0.25) is 5.95 Å². The summed E-state index contributed by atoms with van der Waals surface area (Å²) in [5.74, 6) is -0.234. The predicted molar refractivity (Wildman–Crippen MR) is 157 cm³/mol. The molecule has 2 aromatic carbocycles. The topological polar surface area (TPSA) is 99.2 Å². The maximum Gasteiger partial charge on any atom is 0.416 e. The molecule has 42 heavy (non-hydrogen) atoms. The van der Waals surface area contributed by atoms with Gasteiger partial charge < -0.3 is 15.5 Å². The van der Waals surface area contributed by atoms with Crippen LogP contribution < -0.4 is 10.6 Å². The third-order valence-corrected chi connectivity index (χ3v) is 6.92. The van der Waals surface area contributed by atoms with Gasteiger partial charge in [-0.1, -0.05) is 12.1 Å². The van der Waals surface area contributed by atoms with Crippen molar-refractivity contribution in [3.63, 3.8) is 0 Å². The van der Waals surface area contributed by atoms with Crippen molar-refractivity contribution < 1.29 is 18.0 Å². The molecule has 5 rings (SSSR count). The number of rotatable bonds is 7. The van der Waals surface area contributed by atoms with Crippen LogP contribution in [-0.4, -0.2) is 68.9 Å². The molecular weight excluding hydrogens is 569 g/mol. The van der Waals surface area contributed by atoms with Gasteiger partial charge in [-0.3, -0.25) is 9.69 Å². The maximum atomic E-state index is 14.0. The second-order valence-electron chi connectivity index (χ2n) is 9.95. The number of anilines is 3. The van der Waals surface area contributed by atoms with Crippen molar-refractivity contribution in [2.75, 3.05) is 43.9 Å². The third kappa shape index (κ3) is 7.58. The van der Waals surface area contributed by atoms with Crippen LogP contribution in [0.15, 0.2) is 67.4 Å². The van der Waals surface area contributed by atoms with Crippen LogP contribution in [0.2, 0.25) is 0 Å². The molecule has 3 heterocycles. The number of nitrogens with zero attached hydrogens (tertiary/aromatic N) is 6. The van der Waals surface area contributed by atoms with E-state index in [1.807, 2.05) is 18.9 Å². The molecule has 13 heteroatoms. The van der Waals surface area contributed by atoms with Gasteiger partial charge in [-0.05, 0) is 55.4 Å². The van der Waals surface area contributed by atoms with Crippen molar-refractivity contribution in [3.05, 3.63) is 89.6 Å². The highest BCUT2D eigenvalue weighted by Gasteiger charge is 2.34. The van der Waals surface area contributed by atoms with Crippen molar-refractivity contribution in [1.82, 2.24) is 29.7 Å². The summed E-state index contributed by atoms with van der Waals surface area (Å²) in [6, 6.07) is 10.7. The summed E-state index contributed by atoms with van der Waals surface area (Å²) in [5, 5.41) is 5.74. The number of amides is 1. The lowest BCUT2D eigenvalue weighted by molar-refractivity contribution is -0.138. The zero-order valence-corrected chi connectivity index (χ0v) is 23.8. The normalized spacial score (nSPS) is 14.2. The van der Waals surface area contributed by atoms with Gasteiger partial charge in [-0.25, -0.2) is 19.9 Å². The molecule has 1 saturated heterocycles. The van der Waals surface area contributed by atoms with E-state index >= 15 is 0 Å². The number of hydrogen-bond acceptors (Lipinski definition) is 8. The molecule has 0 saturated carbocycles. The highest BCUT2D eigenvalue weighted by molar-refractivity contribution is 6.05. The van der Waals surface area contributed by atoms with E-state index in [2.05, 4.69) is 35.5 Å².